The lowest BCUT2D eigenvalue weighted by Crippen LogP contribution is -2.57. The van der Waals surface area contributed by atoms with Gasteiger partial charge in [0.2, 0.25) is 0 Å². The second-order valence-corrected chi connectivity index (χ2v) is 18.2. The Morgan fingerprint density at radius 2 is 1.98 bits per heavy atom. The lowest BCUT2D eigenvalue weighted by Gasteiger charge is -2.46. The molecule has 5 aliphatic rings. The molecule has 2 bridgehead atoms. The number of allylic oxidation sites excluding steroid dienone is 1. The first-order valence-corrected chi connectivity index (χ1v) is 20.4. The molecule has 2 aromatic carbocycles. The number of hydrogen-bond donors (Lipinski definition) is 2. The molecule has 12 heteroatoms. The zero-order valence-corrected chi connectivity index (χ0v) is 31.7. The highest BCUT2D eigenvalue weighted by Gasteiger charge is 2.45. The molecular formula is C39H51ClN4O6S. The van der Waals surface area contributed by atoms with E-state index < -0.39 is 21.9 Å². The normalized spacial score (nSPS) is 35.4. The Bertz CT molecular complexity index is 1820. The van der Waals surface area contributed by atoms with E-state index in [2.05, 4.69) is 43.6 Å². The van der Waals surface area contributed by atoms with Crippen molar-refractivity contribution in [2.24, 2.45) is 22.1 Å². The van der Waals surface area contributed by atoms with Gasteiger partial charge in [-0.1, -0.05) is 36.7 Å². The van der Waals surface area contributed by atoms with Crippen molar-refractivity contribution in [2.75, 3.05) is 44.6 Å². The first-order valence-electron chi connectivity index (χ1n) is 18.3. The van der Waals surface area contributed by atoms with E-state index in [1.54, 1.807) is 20.3 Å². The van der Waals surface area contributed by atoms with Gasteiger partial charge in [-0.05, 0) is 118 Å². The van der Waals surface area contributed by atoms with Crippen molar-refractivity contribution in [2.45, 2.75) is 88.4 Å². The number of anilines is 1. The third kappa shape index (κ3) is 7.54. The number of carbonyl (C=O) groups excluding carboxylic acids is 2. The number of nitrogens with zero attached hydrogens (tertiary/aromatic N) is 2. The second kappa shape index (κ2) is 14.4. The number of amides is 3. The summed E-state index contributed by atoms with van der Waals surface area (Å²) in [5.74, 6) is 0.702. The number of urea groups is 1. The summed E-state index contributed by atoms with van der Waals surface area (Å²) >= 11 is 6.46. The van der Waals surface area contributed by atoms with Crippen LogP contribution in [0.15, 0.2) is 52.9 Å². The van der Waals surface area contributed by atoms with Gasteiger partial charge in [0.05, 0.1) is 29.8 Å². The summed E-state index contributed by atoms with van der Waals surface area (Å²) in [5.41, 5.74) is 3.13. The molecule has 51 heavy (non-hydrogen) atoms. The molecule has 0 radical (unpaired) electrons. The van der Waals surface area contributed by atoms with Gasteiger partial charge >= 0.3 is 6.03 Å². The maximum absolute atomic E-state index is 14.5. The van der Waals surface area contributed by atoms with Crippen LogP contribution in [-0.4, -0.2) is 73.6 Å². The Balaban J connectivity index is 1.25. The molecule has 1 unspecified atom stereocenters. The highest BCUT2D eigenvalue weighted by atomic mass is 35.5. The average Bonchev–Trinajstić information content (AvgIpc) is 3.21. The largest absolute Gasteiger partial charge is 0.490 e. The van der Waals surface area contributed by atoms with Crippen LogP contribution in [0.1, 0.15) is 80.3 Å². The van der Waals surface area contributed by atoms with Crippen molar-refractivity contribution in [3.63, 3.8) is 0 Å². The van der Waals surface area contributed by atoms with Gasteiger partial charge in [-0.25, -0.2) is 9.00 Å². The molecule has 1 spiro atoms. The van der Waals surface area contributed by atoms with Crippen LogP contribution in [0.4, 0.5) is 10.5 Å². The Hall–Kier alpha value is -3.12. The van der Waals surface area contributed by atoms with Gasteiger partial charge in [0, 0.05) is 49.4 Å². The number of ether oxygens (including phenoxy) is 3. The minimum atomic E-state index is -3.50. The summed E-state index contributed by atoms with van der Waals surface area (Å²) in [5, 5.41) is 3.64. The maximum Gasteiger partial charge on any atom is 0.327 e. The number of rotatable bonds is 4. The number of carbonyl (C=O) groups is 2. The predicted octanol–water partition coefficient (Wildman–Crippen LogP) is 6.84. The minimum absolute atomic E-state index is 0.0206. The molecule has 2 fully saturated rings. The third-order valence-corrected chi connectivity index (χ3v) is 14.2. The number of hydrogen-bond acceptors (Lipinski definition) is 7. The van der Waals surface area contributed by atoms with Gasteiger partial charge < -0.3 is 24.4 Å². The molecule has 2 aliphatic heterocycles. The Labute approximate surface area is 307 Å². The number of methoxy groups -OCH3 is 2. The zero-order valence-electron chi connectivity index (χ0n) is 30.1. The highest BCUT2D eigenvalue weighted by molar-refractivity contribution is 7.92. The summed E-state index contributed by atoms with van der Waals surface area (Å²) in [6.07, 6.45) is 11.2. The molecule has 3 aliphatic carbocycles. The average molecular weight is 739 g/mol. The van der Waals surface area contributed by atoms with Gasteiger partial charge in [0.15, 0.2) is 0 Å². The molecule has 2 saturated carbocycles. The first-order chi connectivity index (χ1) is 24.4. The van der Waals surface area contributed by atoms with E-state index in [4.69, 9.17) is 25.8 Å². The highest BCUT2D eigenvalue weighted by Crippen LogP contribution is 2.47. The molecule has 7 rings (SSSR count). The summed E-state index contributed by atoms with van der Waals surface area (Å²) in [6, 6.07) is 10.9. The van der Waals surface area contributed by atoms with E-state index >= 15 is 0 Å². The Kier molecular flexibility index (Phi) is 10.2. The van der Waals surface area contributed by atoms with Gasteiger partial charge in [0.1, 0.15) is 15.7 Å². The lowest BCUT2D eigenvalue weighted by molar-refractivity contribution is -0.0719. The first kappa shape index (κ1) is 36.2. The molecule has 10 nitrogen and oxygen atoms in total. The fourth-order valence-corrected chi connectivity index (χ4v) is 11.0. The summed E-state index contributed by atoms with van der Waals surface area (Å²) in [4.78, 5) is 29.5. The number of aryl methyl sites for hydroxylation is 1. The van der Waals surface area contributed by atoms with E-state index in [0.29, 0.717) is 49.0 Å². The van der Waals surface area contributed by atoms with Crippen molar-refractivity contribution in [1.82, 2.24) is 10.0 Å². The van der Waals surface area contributed by atoms with Crippen molar-refractivity contribution in [3.8, 4) is 5.75 Å². The summed E-state index contributed by atoms with van der Waals surface area (Å²) in [7, 11) is -0.0719. The van der Waals surface area contributed by atoms with Crippen LogP contribution in [0.5, 0.6) is 5.75 Å². The predicted molar refractivity (Wildman–Crippen MR) is 200 cm³/mol. The molecule has 6 atom stereocenters. The van der Waals surface area contributed by atoms with Crippen LogP contribution in [0.25, 0.3) is 0 Å². The molecule has 276 valence electrons. The van der Waals surface area contributed by atoms with Crippen molar-refractivity contribution in [3.05, 3.63) is 70.3 Å². The van der Waals surface area contributed by atoms with Crippen LogP contribution < -0.4 is 19.7 Å². The van der Waals surface area contributed by atoms with Crippen molar-refractivity contribution < 1.29 is 28.0 Å². The monoisotopic (exact) mass is 738 g/mol. The van der Waals surface area contributed by atoms with Gasteiger partial charge in [-0.2, -0.15) is 0 Å². The van der Waals surface area contributed by atoms with Crippen LogP contribution in [0, 0.1) is 17.8 Å². The molecule has 0 aromatic heterocycles. The van der Waals surface area contributed by atoms with E-state index in [1.807, 2.05) is 32.0 Å². The maximum atomic E-state index is 14.5. The molecule has 2 N–H and O–H groups in total. The Morgan fingerprint density at radius 1 is 1.16 bits per heavy atom. The fourth-order valence-electron chi connectivity index (χ4n) is 8.98. The SMILES string of the molecule is CO[C@H]1/C=C\C[C@H](C)CS(=O)(NC(=O)NC2CC(C)(OC)C2)=NC(=O)c2ccc3c(c2)N(C[C@@H]2CC[C@H]21)C[C@@]1(CCCc2cc(Cl)ccc21)CO3. The van der Waals surface area contributed by atoms with E-state index in [0.717, 1.165) is 55.9 Å². The summed E-state index contributed by atoms with van der Waals surface area (Å²) in [6.45, 7) is 5.97. The summed E-state index contributed by atoms with van der Waals surface area (Å²) < 4.78 is 39.6. The fraction of sp³-hybridized carbons (Fsp3) is 0.590. The molecule has 2 aromatic rings. The second-order valence-electron chi connectivity index (χ2n) is 15.8. The number of fused-ring (bicyclic) bond motifs is 4. The van der Waals surface area contributed by atoms with Gasteiger partial charge in [0.25, 0.3) is 5.91 Å². The van der Waals surface area contributed by atoms with E-state index in [-0.39, 0.29) is 34.8 Å². The molecule has 2 heterocycles. The third-order valence-electron chi connectivity index (χ3n) is 12.0. The van der Waals surface area contributed by atoms with Crippen LogP contribution in [0.3, 0.4) is 0 Å². The van der Waals surface area contributed by atoms with Crippen molar-refractivity contribution in [1.29, 1.82) is 0 Å². The quantitative estimate of drug-likeness (QED) is 0.330. The number of nitrogens with one attached hydrogen (secondary N) is 2. The number of halogens is 1. The zero-order chi connectivity index (χ0) is 36.0. The van der Waals surface area contributed by atoms with Gasteiger partial charge in [-0.3, -0.25) is 9.52 Å². The van der Waals surface area contributed by atoms with Crippen LogP contribution >= 0.6 is 11.6 Å². The van der Waals surface area contributed by atoms with Crippen molar-refractivity contribution >= 4 is 39.1 Å². The standard InChI is InChI=1S/C39H51ClN4O6S/c1-25-7-5-9-34(48-3)31-13-10-28(31)21-44-23-39(16-6-8-26-17-29(40)12-14-32(26)39)24-50-35-15-11-27(18-33(35)44)36(45)42-51(47,22-25)43-37(46)41-30-19-38(2,20-30)49-4/h5,9,11-12,14-15,17-18,25,28,30-31,34H,6-8,10,13,16,19-24H2,1-4H3,(H2,41,42,43,45,46,47)/b9-5-/t25-,28-,30?,31+,34-,38?,39-,51?/m0/s1. The number of benzene rings is 2. The smallest absolute Gasteiger partial charge is 0.327 e. The topological polar surface area (TPSA) is 119 Å². The lowest BCUT2D eigenvalue weighted by atomic mass is 9.68. The van der Waals surface area contributed by atoms with Crippen LogP contribution in [-0.2, 0) is 31.2 Å². The van der Waals surface area contributed by atoms with E-state index in [1.165, 1.54) is 11.1 Å². The molecular weight excluding hydrogens is 688 g/mol. The van der Waals surface area contributed by atoms with E-state index in [9.17, 15) is 13.8 Å². The molecule has 0 saturated heterocycles. The molecule has 3 amide bonds. The van der Waals surface area contributed by atoms with Crippen LogP contribution in [0.2, 0.25) is 5.02 Å². The minimum Gasteiger partial charge on any atom is -0.490 e. The van der Waals surface area contributed by atoms with Gasteiger partial charge in [-0.15, -0.1) is 4.36 Å². The Morgan fingerprint density at radius 3 is 2.73 bits per heavy atom.